The van der Waals surface area contributed by atoms with Crippen LogP contribution >= 0.6 is 34.4 Å². The second kappa shape index (κ2) is 9.33. The lowest BCUT2D eigenvalue weighted by atomic mass is 9.35. The molecular formula is C42H22BNOS3. The summed E-state index contributed by atoms with van der Waals surface area (Å²) in [6.07, 6.45) is 0. The summed E-state index contributed by atoms with van der Waals surface area (Å²) in [6.45, 7) is 0.148. The van der Waals surface area contributed by atoms with Gasteiger partial charge in [-0.2, -0.15) is 0 Å². The Labute approximate surface area is 287 Å². The van der Waals surface area contributed by atoms with E-state index in [1.807, 2.05) is 34.4 Å². The molecule has 0 fully saturated rings. The standard InChI is InChI=1S/C42H22BNOS3/c1-6-16-29-24(11-1)36-40(37-25-12-2-8-18-32(25)47-42(37)38-26-13-3-9-19-33(26)48-41(36)38)44(29)23-21-31-39-35(22-23)46-34-20-10-5-15-28(34)43(39)27-14-4-7-17-30(27)45-31/h1-22H. The van der Waals surface area contributed by atoms with Gasteiger partial charge in [0.25, 0.3) is 6.71 Å². The molecule has 0 unspecified atom stereocenters. The molecule has 222 valence electrons. The van der Waals surface area contributed by atoms with Crippen LogP contribution in [0.5, 0.6) is 11.5 Å². The molecule has 0 radical (unpaired) electrons. The second-order valence-corrected chi connectivity index (χ2v) is 15.9. The molecule has 0 atom stereocenters. The lowest BCUT2D eigenvalue weighted by Gasteiger charge is -2.33. The third-order valence-electron chi connectivity index (χ3n) is 10.3. The van der Waals surface area contributed by atoms with Gasteiger partial charge >= 0.3 is 0 Å². The molecule has 0 saturated carbocycles. The molecule has 3 aromatic heterocycles. The average Bonchev–Trinajstić information content (AvgIpc) is 3.81. The quantitative estimate of drug-likeness (QED) is 0.162. The second-order valence-electron chi connectivity index (χ2n) is 12.7. The highest BCUT2D eigenvalue weighted by Gasteiger charge is 2.39. The van der Waals surface area contributed by atoms with Crippen LogP contribution in [0.2, 0.25) is 0 Å². The molecule has 0 amide bonds. The summed E-state index contributed by atoms with van der Waals surface area (Å²) in [6, 6.07) is 49.0. The molecule has 48 heavy (non-hydrogen) atoms. The Morgan fingerprint density at radius 2 is 1.15 bits per heavy atom. The molecular weight excluding hydrogens is 641 g/mol. The Morgan fingerprint density at radius 1 is 0.521 bits per heavy atom. The van der Waals surface area contributed by atoms with E-state index < -0.39 is 0 Å². The van der Waals surface area contributed by atoms with Gasteiger partial charge in [0.05, 0.1) is 16.7 Å². The van der Waals surface area contributed by atoms with Gasteiger partial charge in [-0.1, -0.05) is 108 Å². The van der Waals surface area contributed by atoms with E-state index in [-0.39, 0.29) is 6.71 Å². The van der Waals surface area contributed by atoms with Crippen LogP contribution in [-0.2, 0) is 0 Å². The zero-order valence-electron chi connectivity index (χ0n) is 25.4. The van der Waals surface area contributed by atoms with Crippen LogP contribution < -0.4 is 21.1 Å². The predicted molar refractivity (Wildman–Crippen MR) is 208 cm³/mol. The normalized spacial score (nSPS) is 13.5. The van der Waals surface area contributed by atoms with Crippen molar-refractivity contribution in [2.75, 3.05) is 0 Å². The van der Waals surface area contributed by atoms with Crippen molar-refractivity contribution < 1.29 is 4.74 Å². The molecule has 2 aliphatic heterocycles. The molecule has 7 aromatic carbocycles. The van der Waals surface area contributed by atoms with Gasteiger partial charge < -0.3 is 9.30 Å². The van der Waals surface area contributed by atoms with Crippen LogP contribution in [0.1, 0.15) is 0 Å². The summed E-state index contributed by atoms with van der Waals surface area (Å²) in [5.41, 5.74) is 7.51. The lowest BCUT2D eigenvalue weighted by Crippen LogP contribution is -2.57. The van der Waals surface area contributed by atoms with E-state index in [1.165, 1.54) is 88.3 Å². The van der Waals surface area contributed by atoms with E-state index in [0.717, 1.165) is 17.2 Å². The van der Waals surface area contributed by atoms with Gasteiger partial charge in [-0.25, -0.2) is 0 Å². The number of benzene rings is 7. The molecule has 0 saturated heterocycles. The summed E-state index contributed by atoms with van der Waals surface area (Å²) >= 11 is 5.73. The number of rotatable bonds is 1. The van der Waals surface area contributed by atoms with Gasteiger partial charge in [0.15, 0.2) is 0 Å². The molecule has 2 nitrogen and oxygen atoms in total. The average molecular weight is 664 g/mol. The Morgan fingerprint density at radius 3 is 1.96 bits per heavy atom. The number of fused-ring (bicyclic) bond motifs is 16. The molecule has 2 aliphatic rings. The van der Waals surface area contributed by atoms with Crippen LogP contribution in [0.3, 0.4) is 0 Å². The highest BCUT2D eigenvalue weighted by atomic mass is 32.2. The minimum atomic E-state index is 0.148. The monoisotopic (exact) mass is 663 g/mol. The molecule has 0 spiro atoms. The first-order valence-corrected chi connectivity index (χ1v) is 18.7. The van der Waals surface area contributed by atoms with Crippen LogP contribution in [0.25, 0.3) is 67.8 Å². The summed E-state index contributed by atoms with van der Waals surface area (Å²) in [5, 5.41) is 8.01. The number of thiophene rings is 2. The molecule has 0 bridgehead atoms. The van der Waals surface area contributed by atoms with E-state index in [1.54, 1.807) is 0 Å². The molecule has 0 aliphatic carbocycles. The Bertz CT molecular complexity index is 2940. The molecule has 10 aromatic rings. The van der Waals surface area contributed by atoms with Crippen LogP contribution in [-0.4, -0.2) is 11.3 Å². The maximum Gasteiger partial charge on any atom is 0.253 e. The molecule has 12 rings (SSSR count). The van der Waals surface area contributed by atoms with Crippen molar-refractivity contribution in [3.05, 3.63) is 133 Å². The van der Waals surface area contributed by atoms with Gasteiger partial charge in [0.2, 0.25) is 0 Å². The summed E-state index contributed by atoms with van der Waals surface area (Å²) < 4.78 is 14.8. The first kappa shape index (κ1) is 26.0. The first-order valence-electron chi connectivity index (χ1n) is 16.2. The van der Waals surface area contributed by atoms with Crippen molar-refractivity contribution in [3.8, 4) is 17.2 Å². The van der Waals surface area contributed by atoms with E-state index in [0.29, 0.717) is 0 Å². The van der Waals surface area contributed by atoms with Gasteiger partial charge in [-0.15, -0.1) is 22.7 Å². The number of nitrogens with zero attached hydrogens (tertiary/aromatic N) is 1. The topological polar surface area (TPSA) is 14.2 Å². The molecule has 5 heterocycles. The Hall–Kier alpha value is -5.01. The zero-order valence-corrected chi connectivity index (χ0v) is 27.8. The van der Waals surface area contributed by atoms with Gasteiger partial charge in [0, 0.05) is 67.0 Å². The number of hydrogen-bond acceptors (Lipinski definition) is 4. The highest BCUT2D eigenvalue weighted by Crippen LogP contribution is 2.52. The van der Waals surface area contributed by atoms with E-state index in [4.69, 9.17) is 4.74 Å². The van der Waals surface area contributed by atoms with Crippen LogP contribution in [0, 0.1) is 0 Å². The summed E-state index contributed by atoms with van der Waals surface area (Å²) in [7, 11) is 0. The minimum Gasteiger partial charge on any atom is -0.458 e. The smallest absolute Gasteiger partial charge is 0.253 e. The summed E-state index contributed by atoms with van der Waals surface area (Å²) in [4.78, 5) is 2.58. The third kappa shape index (κ3) is 3.25. The van der Waals surface area contributed by atoms with Crippen LogP contribution in [0.15, 0.2) is 143 Å². The Balaban J connectivity index is 1.27. The molecule has 0 N–H and O–H groups in total. The van der Waals surface area contributed by atoms with Gasteiger partial charge in [-0.05, 0) is 47.3 Å². The third-order valence-corrected chi connectivity index (χ3v) is 13.8. The number of hydrogen-bond donors (Lipinski definition) is 0. The van der Waals surface area contributed by atoms with Crippen molar-refractivity contribution >= 4 is 120 Å². The van der Waals surface area contributed by atoms with Gasteiger partial charge in [-0.3, -0.25) is 0 Å². The largest absolute Gasteiger partial charge is 0.458 e. The fourth-order valence-electron chi connectivity index (χ4n) is 8.39. The summed E-state index contributed by atoms with van der Waals surface area (Å²) in [5.74, 6) is 1.90. The van der Waals surface area contributed by atoms with E-state index >= 15 is 0 Å². The lowest BCUT2D eigenvalue weighted by molar-refractivity contribution is 0.486. The minimum absolute atomic E-state index is 0.148. The van der Waals surface area contributed by atoms with Crippen molar-refractivity contribution in [1.82, 2.24) is 4.57 Å². The van der Waals surface area contributed by atoms with E-state index in [2.05, 4.69) is 138 Å². The van der Waals surface area contributed by atoms with Crippen molar-refractivity contribution in [1.29, 1.82) is 0 Å². The van der Waals surface area contributed by atoms with Gasteiger partial charge in [0.1, 0.15) is 11.5 Å². The highest BCUT2D eigenvalue weighted by molar-refractivity contribution is 8.00. The maximum absolute atomic E-state index is 6.83. The van der Waals surface area contributed by atoms with Crippen molar-refractivity contribution in [2.24, 2.45) is 0 Å². The number of ether oxygens (including phenoxy) is 1. The zero-order chi connectivity index (χ0) is 31.1. The van der Waals surface area contributed by atoms with Crippen LogP contribution in [0.4, 0.5) is 0 Å². The maximum atomic E-state index is 6.83. The number of para-hydroxylation sites is 2. The first-order chi connectivity index (χ1) is 23.8. The Kier molecular flexibility index (Phi) is 5.05. The predicted octanol–water partition coefficient (Wildman–Crippen LogP) is 10.6. The SMILES string of the molecule is c1ccc2c(c1)Oc1cc(-n3c4ccccc4c4c5sc6ccccc6c5c5sc6ccccc6c5c43)cc3c1B2c1ccccc1S3. The van der Waals surface area contributed by atoms with Crippen molar-refractivity contribution in [2.45, 2.75) is 9.79 Å². The number of aromatic nitrogens is 1. The fraction of sp³-hybridized carbons (Fsp3) is 0. The molecule has 6 heteroatoms. The fourth-order valence-corrected chi connectivity index (χ4v) is 12.2. The van der Waals surface area contributed by atoms with Crippen molar-refractivity contribution in [3.63, 3.8) is 0 Å². The van der Waals surface area contributed by atoms with E-state index in [9.17, 15) is 0 Å².